The van der Waals surface area contributed by atoms with Gasteiger partial charge in [0.15, 0.2) is 11.6 Å². The van der Waals surface area contributed by atoms with Gasteiger partial charge >= 0.3 is 0 Å². The summed E-state index contributed by atoms with van der Waals surface area (Å²) in [5.41, 5.74) is 6.51. The van der Waals surface area contributed by atoms with Gasteiger partial charge in [0.25, 0.3) is 0 Å². The number of carbonyl (C=O) groups excluding carboxylic acids is 2. The van der Waals surface area contributed by atoms with Gasteiger partial charge in [-0.25, -0.2) is 0 Å². The van der Waals surface area contributed by atoms with Crippen molar-refractivity contribution >= 4 is 45.7 Å². The zero-order chi connectivity index (χ0) is 32.8. The molecule has 2 N–H and O–H groups in total. The summed E-state index contributed by atoms with van der Waals surface area (Å²) in [7, 11) is 3.14. The number of ether oxygens (including phenoxy) is 2. The number of nitrogens with zero attached hydrogens (tertiary/aromatic N) is 2. The van der Waals surface area contributed by atoms with Crippen molar-refractivity contribution in [3.8, 4) is 11.5 Å². The summed E-state index contributed by atoms with van der Waals surface area (Å²) in [5, 5.41) is 6.85. The fraction of sp³-hybridized carbons (Fsp3) is 0.158. The minimum absolute atomic E-state index is 0.206. The number of rotatable bonds is 6. The molecule has 0 unspecified atom stereocenters. The number of benzene rings is 4. The molecule has 0 radical (unpaired) electrons. The smallest absolute Gasteiger partial charge is 0.196 e. The van der Waals surface area contributed by atoms with E-state index in [9.17, 15) is 9.59 Å². The number of carbonyl (C=O) groups is 2. The summed E-state index contributed by atoms with van der Waals surface area (Å²) in [6.07, 6.45) is 0. The van der Waals surface area contributed by atoms with Crippen LogP contribution in [0.2, 0.25) is 0 Å². The summed E-state index contributed by atoms with van der Waals surface area (Å²) < 4.78 is 10.8. The molecule has 0 amide bonds. The molecule has 0 aromatic heterocycles. The average molecular weight is 613 g/mol. The maximum atomic E-state index is 14.1. The fourth-order valence-electron chi connectivity index (χ4n) is 5.39. The Kier molecular flexibility index (Phi) is 9.57. The predicted molar refractivity (Wildman–Crippen MR) is 186 cm³/mol. The third-order valence-corrected chi connectivity index (χ3v) is 7.62. The first-order valence-electron chi connectivity index (χ1n) is 14.8. The largest absolute Gasteiger partial charge is 0.497 e. The van der Waals surface area contributed by atoms with Gasteiger partial charge in [-0.2, -0.15) is 0 Å². The van der Waals surface area contributed by atoms with Crippen molar-refractivity contribution in [1.29, 1.82) is 0 Å². The summed E-state index contributed by atoms with van der Waals surface area (Å²) >= 11 is 0. The molecule has 5 rings (SSSR count). The molecule has 0 fully saturated rings. The van der Waals surface area contributed by atoms with E-state index in [4.69, 9.17) is 19.5 Å². The van der Waals surface area contributed by atoms with Gasteiger partial charge in [-0.05, 0) is 76.2 Å². The molecule has 8 nitrogen and oxygen atoms in total. The Morgan fingerprint density at radius 1 is 0.543 bits per heavy atom. The minimum Gasteiger partial charge on any atom is -0.497 e. The molecule has 0 saturated heterocycles. The number of anilines is 2. The predicted octanol–water partition coefficient (Wildman–Crippen LogP) is 8.74. The SMILES string of the molecule is COc1cccc(C(=O)/C2=C(/C)Nc3ccccc3N=C(C)/C(C(=O)c3cccc(OC)c3)=C(\C)Nc3ccccc3N=C2C)c1. The van der Waals surface area contributed by atoms with Crippen LogP contribution >= 0.6 is 0 Å². The van der Waals surface area contributed by atoms with Gasteiger partial charge in [0.05, 0.1) is 59.5 Å². The number of allylic oxidation sites excluding steroid dienone is 4. The highest BCUT2D eigenvalue weighted by Crippen LogP contribution is 2.33. The normalized spacial score (nSPS) is 16.7. The molecule has 0 bridgehead atoms. The van der Waals surface area contributed by atoms with Crippen LogP contribution in [0, 0.1) is 0 Å². The number of hydrogen-bond donors (Lipinski definition) is 2. The molecule has 1 heterocycles. The molecule has 232 valence electrons. The van der Waals surface area contributed by atoms with Crippen molar-refractivity contribution in [3.63, 3.8) is 0 Å². The highest BCUT2D eigenvalue weighted by molar-refractivity contribution is 6.29. The number of methoxy groups -OCH3 is 2. The Morgan fingerprint density at radius 3 is 1.33 bits per heavy atom. The van der Waals surface area contributed by atoms with E-state index < -0.39 is 0 Å². The first-order chi connectivity index (χ1) is 22.2. The van der Waals surface area contributed by atoms with Crippen LogP contribution in [0.3, 0.4) is 0 Å². The standard InChI is InChI=1S/C38H36N4O4/c1-23-35(37(43)27-13-11-15-29(21-27)45-5)24(2)40-33-19-9-10-20-34(33)42-26(4)36(38(44)28-14-12-16-30(22-28)46-6)25(3)41-32-18-8-7-17-31(32)39-23/h7-22,39,42H,1-6H3/b35-23-,36-26-,40-24?,41-25?. The average Bonchev–Trinajstić information content (AvgIpc) is 3.06. The number of hydrogen-bond acceptors (Lipinski definition) is 8. The van der Waals surface area contributed by atoms with E-state index in [0.29, 0.717) is 79.3 Å². The van der Waals surface area contributed by atoms with Crippen LogP contribution < -0.4 is 20.1 Å². The third kappa shape index (κ3) is 6.81. The molecule has 46 heavy (non-hydrogen) atoms. The van der Waals surface area contributed by atoms with E-state index in [1.54, 1.807) is 62.8 Å². The second-order valence-corrected chi connectivity index (χ2v) is 10.8. The molecule has 0 atom stereocenters. The van der Waals surface area contributed by atoms with Crippen molar-refractivity contribution < 1.29 is 19.1 Å². The lowest BCUT2D eigenvalue weighted by Gasteiger charge is -2.19. The summed E-state index contributed by atoms with van der Waals surface area (Å²) in [6, 6.07) is 29.1. The highest BCUT2D eigenvalue weighted by atomic mass is 16.5. The number of nitrogens with one attached hydrogen (secondary N) is 2. The Morgan fingerprint density at radius 2 is 0.935 bits per heavy atom. The number of para-hydroxylation sites is 4. The van der Waals surface area contributed by atoms with Crippen LogP contribution in [0.1, 0.15) is 48.4 Å². The van der Waals surface area contributed by atoms with Crippen LogP contribution in [0.25, 0.3) is 0 Å². The molecule has 0 aliphatic carbocycles. The molecular weight excluding hydrogens is 576 g/mol. The van der Waals surface area contributed by atoms with E-state index in [0.717, 1.165) is 0 Å². The lowest BCUT2D eigenvalue weighted by Crippen LogP contribution is -2.18. The highest BCUT2D eigenvalue weighted by Gasteiger charge is 2.23. The van der Waals surface area contributed by atoms with Gasteiger partial charge in [0.1, 0.15) is 11.5 Å². The Hall–Kier alpha value is -5.76. The molecule has 8 heteroatoms. The van der Waals surface area contributed by atoms with Crippen LogP contribution in [0.5, 0.6) is 11.5 Å². The zero-order valence-electron chi connectivity index (χ0n) is 26.8. The number of aliphatic imine (C=N–C) groups is 2. The maximum Gasteiger partial charge on any atom is 0.196 e. The molecule has 0 spiro atoms. The van der Waals surface area contributed by atoms with Crippen molar-refractivity contribution in [3.05, 3.63) is 131 Å². The summed E-state index contributed by atoms with van der Waals surface area (Å²) in [4.78, 5) is 38.2. The summed E-state index contributed by atoms with van der Waals surface area (Å²) in [6.45, 7) is 7.32. The fourth-order valence-corrected chi connectivity index (χ4v) is 5.39. The topological polar surface area (TPSA) is 101 Å². The zero-order valence-corrected chi connectivity index (χ0v) is 26.8. The maximum absolute atomic E-state index is 14.1. The number of ketones is 2. The van der Waals surface area contributed by atoms with Crippen LogP contribution in [0.15, 0.2) is 130 Å². The molecule has 0 saturated carbocycles. The van der Waals surface area contributed by atoms with Crippen molar-refractivity contribution in [1.82, 2.24) is 0 Å². The van der Waals surface area contributed by atoms with E-state index in [-0.39, 0.29) is 11.6 Å². The van der Waals surface area contributed by atoms with Gasteiger partial charge in [0.2, 0.25) is 0 Å². The third-order valence-electron chi connectivity index (χ3n) is 7.62. The summed E-state index contributed by atoms with van der Waals surface area (Å²) in [5.74, 6) is 0.752. The van der Waals surface area contributed by atoms with Gasteiger partial charge in [-0.3, -0.25) is 19.6 Å². The second-order valence-electron chi connectivity index (χ2n) is 10.8. The van der Waals surface area contributed by atoms with E-state index in [2.05, 4.69) is 10.6 Å². The van der Waals surface area contributed by atoms with Gasteiger partial charge in [-0.1, -0.05) is 48.5 Å². The van der Waals surface area contributed by atoms with Crippen molar-refractivity contribution in [2.75, 3.05) is 24.9 Å². The molecule has 1 aliphatic heterocycles. The van der Waals surface area contributed by atoms with Crippen molar-refractivity contribution in [2.24, 2.45) is 9.98 Å². The molecule has 4 aromatic carbocycles. The monoisotopic (exact) mass is 612 g/mol. The number of Topliss-reactive ketones (excluding diaryl/α,β-unsaturated/α-hetero) is 2. The first kappa shape index (κ1) is 31.7. The second kappa shape index (κ2) is 13.9. The first-order valence-corrected chi connectivity index (χ1v) is 14.8. The molecule has 1 aliphatic rings. The minimum atomic E-state index is -0.206. The molecular formula is C38H36N4O4. The molecule has 4 aromatic rings. The van der Waals surface area contributed by atoms with Gasteiger partial charge in [0, 0.05) is 22.5 Å². The Balaban J connectivity index is 1.73. The van der Waals surface area contributed by atoms with E-state index in [1.807, 2.05) is 76.2 Å². The lowest BCUT2D eigenvalue weighted by molar-refractivity contribution is 0.103. The lowest BCUT2D eigenvalue weighted by atomic mass is 9.97. The van der Waals surface area contributed by atoms with Crippen LogP contribution in [-0.4, -0.2) is 37.2 Å². The van der Waals surface area contributed by atoms with Crippen LogP contribution in [0.4, 0.5) is 22.7 Å². The van der Waals surface area contributed by atoms with Gasteiger partial charge < -0.3 is 20.1 Å². The Bertz CT molecular complexity index is 1810. The van der Waals surface area contributed by atoms with Crippen LogP contribution in [-0.2, 0) is 0 Å². The van der Waals surface area contributed by atoms with Crippen molar-refractivity contribution in [2.45, 2.75) is 27.7 Å². The number of fused-ring (bicyclic) bond motifs is 2. The van der Waals surface area contributed by atoms with Gasteiger partial charge in [-0.15, -0.1) is 0 Å². The van der Waals surface area contributed by atoms with E-state index >= 15 is 0 Å². The Labute approximate surface area is 269 Å². The quantitative estimate of drug-likeness (QED) is 0.211. The van der Waals surface area contributed by atoms with E-state index in [1.165, 1.54) is 0 Å².